The zero-order valence-corrected chi connectivity index (χ0v) is 21.4. The second-order valence-corrected chi connectivity index (χ2v) is 9.87. The average Bonchev–Trinajstić information content (AvgIpc) is 2.84. The Morgan fingerprint density at radius 2 is 1.80 bits per heavy atom. The van der Waals surface area contributed by atoms with Gasteiger partial charge in [0.05, 0.1) is 12.1 Å². The minimum Gasteiger partial charge on any atom is -0.489 e. The van der Waals surface area contributed by atoms with Crippen LogP contribution in [0.5, 0.6) is 5.75 Å². The van der Waals surface area contributed by atoms with Crippen LogP contribution < -0.4 is 15.4 Å². The van der Waals surface area contributed by atoms with Gasteiger partial charge in [0.1, 0.15) is 18.0 Å². The van der Waals surface area contributed by atoms with Crippen LogP contribution in [0.15, 0.2) is 54.6 Å². The number of hydrogen-bond donors (Lipinski definition) is 2. The molecule has 2 atom stereocenters. The van der Waals surface area contributed by atoms with Crippen LogP contribution in [0, 0.1) is 0 Å². The number of nitrogens with one attached hydrogen (secondary N) is 2. The SMILES string of the molecule is CCN(C(=O)[C@@H](CNC(=O)OC(C)(C)C)c1ccc(OCc2ccccc2)cc1)C1CCCCN1. The summed E-state index contributed by atoms with van der Waals surface area (Å²) in [6.45, 7) is 9.57. The van der Waals surface area contributed by atoms with Gasteiger partial charge in [-0.25, -0.2) is 4.79 Å². The van der Waals surface area contributed by atoms with Gasteiger partial charge in [0.15, 0.2) is 0 Å². The number of amides is 2. The number of nitrogens with zero attached hydrogens (tertiary/aromatic N) is 1. The third-order valence-corrected chi connectivity index (χ3v) is 5.96. The van der Waals surface area contributed by atoms with E-state index < -0.39 is 17.6 Å². The van der Waals surface area contributed by atoms with Gasteiger partial charge in [-0.15, -0.1) is 0 Å². The molecule has 3 rings (SSSR count). The molecule has 7 heteroatoms. The van der Waals surface area contributed by atoms with Gasteiger partial charge in [-0.2, -0.15) is 0 Å². The first kappa shape index (κ1) is 26.5. The molecule has 7 nitrogen and oxygen atoms in total. The van der Waals surface area contributed by atoms with Crippen molar-refractivity contribution in [3.63, 3.8) is 0 Å². The van der Waals surface area contributed by atoms with Gasteiger partial charge in [0, 0.05) is 13.1 Å². The van der Waals surface area contributed by atoms with E-state index in [4.69, 9.17) is 9.47 Å². The van der Waals surface area contributed by atoms with Crippen LogP contribution in [-0.4, -0.2) is 48.3 Å². The quantitative estimate of drug-likeness (QED) is 0.537. The van der Waals surface area contributed by atoms with Gasteiger partial charge in [0.2, 0.25) is 5.91 Å². The van der Waals surface area contributed by atoms with E-state index >= 15 is 0 Å². The number of hydrogen-bond acceptors (Lipinski definition) is 5. The molecule has 1 aliphatic rings. The fraction of sp³-hybridized carbons (Fsp3) is 0.500. The summed E-state index contributed by atoms with van der Waals surface area (Å²) in [5, 5.41) is 6.27. The molecule has 0 saturated carbocycles. The molecule has 0 aromatic heterocycles. The van der Waals surface area contributed by atoms with Crippen LogP contribution in [0.1, 0.15) is 64.0 Å². The average molecular weight is 482 g/mol. The molecule has 1 aliphatic heterocycles. The molecule has 0 aliphatic carbocycles. The normalized spacial score (nSPS) is 16.7. The van der Waals surface area contributed by atoms with Crippen molar-refractivity contribution in [2.75, 3.05) is 19.6 Å². The summed E-state index contributed by atoms with van der Waals surface area (Å²) >= 11 is 0. The highest BCUT2D eigenvalue weighted by Crippen LogP contribution is 2.24. The summed E-state index contributed by atoms with van der Waals surface area (Å²) in [6, 6.07) is 17.5. The molecule has 2 aromatic rings. The van der Waals surface area contributed by atoms with Crippen molar-refractivity contribution >= 4 is 12.0 Å². The number of rotatable bonds is 9. The Morgan fingerprint density at radius 3 is 2.40 bits per heavy atom. The number of ether oxygens (including phenoxy) is 2. The van der Waals surface area contributed by atoms with Crippen LogP contribution in [0.25, 0.3) is 0 Å². The van der Waals surface area contributed by atoms with E-state index in [1.54, 1.807) is 0 Å². The van der Waals surface area contributed by atoms with Crippen LogP contribution in [-0.2, 0) is 16.1 Å². The van der Waals surface area contributed by atoms with Crippen molar-refractivity contribution in [2.24, 2.45) is 0 Å². The highest BCUT2D eigenvalue weighted by atomic mass is 16.6. The van der Waals surface area contributed by atoms with Gasteiger partial charge in [-0.1, -0.05) is 42.5 Å². The minimum absolute atomic E-state index is 0.0127. The summed E-state index contributed by atoms with van der Waals surface area (Å²) in [6.07, 6.45) is 2.63. The van der Waals surface area contributed by atoms with E-state index in [0.717, 1.165) is 42.7 Å². The van der Waals surface area contributed by atoms with E-state index in [-0.39, 0.29) is 18.6 Å². The summed E-state index contributed by atoms with van der Waals surface area (Å²) in [5.41, 5.74) is 1.31. The molecule has 2 N–H and O–H groups in total. The van der Waals surface area contributed by atoms with Gasteiger partial charge in [-0.05, 0) is 76.8 Å². The lowest BCUT2D eigenvalue weighted by atomic mass is 9.96. The van der Waals surface area contributed by atoms with E-state index in [1.165, 1.54) is 0 Å². The number of likely N-dealkylation sites (N-methyl/N-ethyl adjacent to an activating group) is 1. The highest BCUT2D eigenvalue weighted by molar-refractivity contribution is 5.85. The number of carbonyl (C=O) groups excluding carboxylic acids is 2. The molecule has 0 bridgehead atoms. The number of benzene rings is 2. The lowest BCUT2D eigenvalue weighted by Crippen LogP contribution is -2.53. The minimum atomic E-state index is -0.608. The molecule has 1 fully saturated rings. The maximum atomic E-state index is 13.7. The summed E-state index contributed by atoms with van der Waals surface area (Å²) < 4.78 is 11.3. The highest BCUT2D eigenvalue weighted by Gasteiger charge is 2.31. The molecule has 1 unspecified atom stereocenters. The van der Waals surface area contributed by atoms with Crippen molar-refractivity contribution in [2.45, 2.75) is 71.2 Å². The van der Waals surface area contributed by atoms with Crippen molar-refractivity contribution in [3.05, 3.63) is 65.7 Å². The molecule has 0 radical (unpaired) electrons. The smallest absolute Gasteiger partial charge is 0.407 e. The largest absolute Gasteiger partial charge is 0.489 e. The zero-order chi connectivity index (χ0) is 25.3. The Kier molecular flexibility index (Phi) is 9.55. The lowest BCUT2D eigenvalue weighted by Gasteiger charge is -2.36. The molecular formula is C28H39N3O4. The Morgan fingerprint density at radius 1 is 1.09 bits per heavy atom. The summed E-state index contributed by atoms with van der Waals surface area (Å²) in [5.74, 6) is 0.181. The second kappa shape index (κ2) is 12.6. The third-order valence-electron chi connectivity index (χ3n) is 5.96. The predicted octanol–water partition coefficient (Wildman–Crippen LogP) is 4.82. The molecule has 2 amide bonds. The standard InChI is InChI=1S/C28H39N3O4/c1-5-31(25-13-9-10-18-29-25)26(32)24(19-30-27(33)35-28(2,3)4)22-14-16-23(17-15-22)34-20-21-11-7-6-8-12-21/h6-8,11-12,14-17,24-25,29H,5,9-10,13,18-20H2,1-4H3,(H,30,33)/t24-,25?/m0/s1. The monoisotopic (exact) mass is 481 g/mol. The molecular weight excluding hydrogens is 442 g/mol. The zero-order valence-electron chi connectivity index (χ0n) is 21.4. The fourth-order valence-electron chi connectivity index (χ4n) is 4.21. The van der Waals surface area contributed by atoms with E-state index in [2.05, 4.69) is 10.6 Å². The van der Waals surface area contributed by atoms with Crippen LogP contribution in [0.2, 0.25) is 0 Å². The van der Waals surface area contributed by atoms with Gasteiger partial charge in [-0.3, -0.25) is 10.1 Å². The number of piperidine rings is 1. The number of alkyl carbamates (subject to hydrolysis) is 1. The van der Waals surface area contributed by atoms with Crippen molar-refractivity contribution < 1.29 is 19.1 Å². The van der Waals surface area contributed by atoms with E-state index in [1.807, 2.05) is 87.2 Å². The topological polar surface area (TPSA) is 79.9 Å². The van der Waals surface area contributed by atoms with Crippen LogP contribution in [0.4, 0.5) is 4.79 Å². The maximum absolute atomic E-state index is 13.7. The fourth-order valence-corrected chi connectivity index (χ4v) is 4.21. The van der Waals surface area contributed by atoms with Crippen molar-refractivity contribution in [3.8, 4) is 5.75 Å². The summed E-state index contributed by atoms with van der Waals surface area (Å²) in [4.78, 5) is 28.0. The molecule has 2 aromatic carbocycles. The van der Waals surface area contributed by atoms with Gasteiger partial charge in [0.25, 0.3) is 0 Å². The van der Waals surface area contributed by atoms with Crippen molar-refractivity contribution in [1.29, 1.82) is 0 Å². The first-order valence-corrected chi connectivity index (χ1v) is 12.5. The maximum Gasteiger partial charge on any atom is 0.407 e. The lowest BCUT2D eigenvalue weighted by molar-refractivity contribution is -0.136. The Bertz CT molecular complexity index is 935. The molecule has 35 heavy (non-hydrogen) atoms. The second-order valence-electron chi connectivity index (χ2n) is 9.87. The molecule has 0 spiro atoms. The Hall–Kier alpha value is -3.06. The van der Waals surface area contributed by atoms with Gasteiger partial charge < -0.3 is 19.7 Å². The van der Waals surface area contributed by atoms with E-state index in [9.17, 15) is 9.59 Å². The summed E-state index contributed by atoms with van der Waals surface area (Å²) in [7, 11) is 0. The first-order chi connectivity index (χ1) is 16.8. The van der Waals surface area contributed by atoms with E-state index in [0.29, 0.717) is 13.2 Å². The predicted molar refractivity (Wildman–Crippen MR) is 137 cm³/mol. The van der Waals surface area contributed by atoms with Gasteiger partial charge >= 0.3 is 6.09 Å². The molecule has 1 heterocycles. The van der Waals surface area contributed by atoms with Crippen molar-refractivity contribution in [1.82, 2.24) is 15.5 Å². The Balaban J connectivity index is 1.74. The van der Waals surface area contributed by atoms with Crippen LogP contribution in [0.3, 0.4) is 0 Å². The number of carbonyl (C=O) groups is 2. The molecule has 190 valence electrons. The third kappa shape index (κ3) is 8.28. The first-order valence-electron chi connectivity index (χ1n) is 12.5. The molecule has 1 saturated heterocycles. The van der Waals surface area contributed by atoms with Crippen LogP contribution >= 0.6 is 0 Å². The Labute approximate surface area is 209 Å².